The molecule has 0 N–H and O–H groups in total. The van der Waals surface area contributed by atoms with Gasteiger partial charge in [0.15, 0.2) is 11.7 Å². The van der Waals surface area contributed by atoms with E-state index in [9.17, 15) is 39.5 Å². The molecule has 0 spiro atoms. The Balaban J connectivity index is 5.49. The number of alkyl halides is 5. The summed E-state index contributed by atoms with van der Waals surface area (Å²) < 4.78 is 128. The summed E-state index contributed by atoms with van der Waals surface area (Å²) in [5.74, 6) is -7.45. The van der Waals surface area contributed by atoms with Crippen molar-refractivity contribution in [2.75, 3.05) is 0 Å². The fourth-order valence-electron chi connectivity index (χ4n) is 2.88. The van der Waals surface area contributed by atoms with Crippen molar-refractivity contribution < 1.29 is 44.3 Å². The summed E-state index contributed by atoms with van der Waals surface area (Å²) in [4.78, 5) is 0. The van der Waals surface area contributed by atoms with Crippen molar-refractivity contribution in [3.05, 3.63) is 145 Å². The van der Waals surface area contributed by atoms with Crippen LogP contribution in [-0.4, -0.2) is 12.3 Å². The number of halogens is 9. The van der Waals surface area contributed by atoms with Gasteiger partial charge in [0.05, 0.1) is 11.1 Å². The van der Waals surface area contributed by atoms with E-state index >= 15 is 0 Å². The van der Waals surface area contributed by atoms with E-state index in [2.05, 4.69) is 57.4 Å². The van der Waals surface area contributed by atoms with Gasteiger partial charge in [0.1, 0.15) is 17.4 Å². The lowest BCUT2D eigenvalue weighted by atomic mass is 9.92. The monoisotopic (exact) mass is 618 g/mol. The number of hydrogen-bond donors (Lipinski definition) is 0. The van der Waals surface area contributed by atoms with Gasteiger partial charge in [-0.3, -0.25) is 0 Å². The first-order valence-corrected chi connectivity index (χ1v) is 12.6. The van der Waals surface area contributed by atoms with Crippen LogP contribution in [0.5, 0.6) is 0 Å². The van der Waals surface area contributed by atoms with Crippen molar-refractivity contribution in [3.8, 4) is 0 Å². The molecule has 0 aliphatic rings. The highest BCUT2D eigenvalue weighted by Crippen LogP contribution is 2.37. The molecule has 0 saturated carbocycles. The Morgan fingerprint density at radius 3 is 1.65 bits per heavy atom. The van der Waals surface area contributed by atoms with Crippen molar-refractivity contribution in [3.63, 3.8) is 0 Å². The van der Waals surface area contributed by atoms with E-state index in [-0.39, 0.29) is 22.6 Å². The molecule has 0 aliphatic carbocycles. The second-order valence-electron chi connectivity index (χ2n) is 9.94. The Morgan fingerprint density at radius 2 is 1.16 bits per heavy atom. The maximum atomic E-state index is 14.6. The zero-order chi connectivity index (χ0) is 34.0. The smallest absolute Gasteiger partial charge is 0.429 e. The van der Waals surface area contributed by atoms with E-state index in [0.717, 1.165) is 18.2 Å². The Hall–Kier alpha value is -3.95. The second kappa shape index (κ2) is 16.0. The first kappa shape index (κ1) is 39.1. The van der Waals surface area contributed by atoms with Crippen LogP contribution < -0.4 is 0 Å². The Labute approximate surface area is 247 Å². The molecule has 0 aromatic heterocycles. The standard InChI is InChI=1S/C33H35F9O/c1-18(2)12-13-20(4)25(9)30(36)31(37)27(11)33(41,42)43-23(7)15-14-19(3)21(5)16-28(34)24(8)22(6)17-29(35)26(10)32(38,39)40/h14-18,20H,3,5-13H2,1-2,4H3/b15-14-,28-16+,29-17+,31-30-. The summed E-state index contributed by atoms with van der Waals surface area (Å²) in [6, 6.07) is 0. The van der Waals surface area contributed by atoms with Gasteiger partial charge in [-0.15, -0.1) is 0 Å². The topological polar surface area (TPSA) is 9.23 Å². The predicted molar refractivity (Wildman–Crippen MR) is 155 cm³/mol. The van der Waals surface area contributed by atoms with E-state index in [1.54, 1.807) is 6.92 Å². The van der Waals surface area contributed by atoms with Gasteiger partial charge in [0.25, 0.3) is 0 Å². The minimum Gasteiger partial charge on any atom is -0.429 e. The lowest BCUT2D eigenvalue weighted by Crippen LogP contribution is -2.23. The summed E-state index contributed by atoms with van der Waals surface area (Å²) in [6.07, 6.45) is -5.45. The summed E-state index contributed by atoms with van der Waals surface area (Å²) >= 11 is 0. The third-order valence-corrected chi connectivity index (χ3v) is 5.91. The molecule has 0 saturated heterocycles. The molecule has 10 heteroatoms. The Bertz CT molecular complexity index is 1310. The van der Waals surface area contributed by atoms with E-state index in [1.807, 2.05) is 13.8 Å². The summed E-state index contributed by atoms with van der Waals surface area (Å²) in [7, 11) is 0. The number of ether oxygens (including phenoxy) is 1. The van der Waals surface area contributed by atoms with E-state index in [4.69, 9.17) is 0 Å². The molecule has 0 bridgehead atoms. The molecular weight excluding hydrogens is 583 g/mol. The molecule has 1 unspecified atom stereocenters. The Morgan fingerprint density at radius 1 is 0.651 bits per heavy atom. The normalized spacial score (nSPS) is 14.3. The van der Waals surface area contributed by atoms with Crippen LogP contribution in [-0.2, 0) is 4.74 Å². The summed E-state index contributed by atoms with van der Waals surface area (Å²) in [5.41, 5.74) is -5.09. The van der Waals surface area contributed by atoms with Crippen molar-refractivity contribution in [1.82, 2.24) is 0 Å². The Kier molecular flexibility index (Phi) is 14.6. The lowest BCUT2D eigenvalue weighted by molar-refractivity contribution is -0.178. The molecular formula is C33H35F9O. The van der Waals surface area contributed by atoms with Crippen LogP contribution in [0.4, 0.5) is 39.5 Å². The molecule has 236 valence electrons. The number of allylic oxidation sites excluding steroid dienone is 13. The molecule has 0 rings (SSSR count). The molecule has 0 heterocycles. The van der Waals surface area contributed by atoms with Gasteiger partial charge in [-0.2, -0.15) is 22.0 Å². The van der Waals surface area contributed by atoms with Gasteiger partial charge in [-0.25, -0.2) is 17.6 Å². The van der Waals surface area contributed by atoms with Gasteiger partial charge in [0, 0.05) is 5.57 Å². The average molecular weight is 619 g/mol. The number of hydrogen-bond acceptors (Lipinski definition) is 1. The minimum atomic E-state index is -5.05. The fourth-order valence-corrected chi connectivity index (χ4v) is 2.88. The van der Waals surface area contributed by atoms with Gasteiger partial charge in [0.2, 0.25) is 0 Å². The fraction of sp³-hybridized carbons (Fsp3) is 0.273. The van der Waals surface area contributed by atoms with Crippen LogP contribution in [0, 0.1) is 11.8 Å². The third-order valence-electron chi connectivity index (χ3n) is 5.91. The SMILES string of the molecule is C=C(/C=C\C(=C)C(=C)/C=C(/F)C(=C)C(=C)/C=C(/F)C(=C)C(F)(F)F)OC(F)(F)C(=C)/C(F)=C(/F)C(=C)C(C)CCC(C)C. The van der Waals surface area contributed by atoms with Crippen LogP contribution in [0.2, 0.25) is 0 Å². The summed E-state index contributed by atoms with van der Waals surface area (Å²) in [6.45, 7) is 31.2. The minimum absolute atomic E-state index is 0.0866. The predicted octanol–water partition coefficient (Wildman–Crippen LogP) is 12.1. The third kappa shape index (κ3) is 12.4. The molecule has 1 nitrogen and oxygen atoms in total. The average Bonchev–Trinajstić information content (AvgIpc) is 2.90. The van der Waals surface area contributed by atoms with Crippen molar-refractivity contribution >= 4 is 0 Å². The van der Waals surface area contributed by atoms with E-state index in [0.29, 0.717) is 18.9 Å². The van der Waals surface area contributed by atoms with Gasteiger partial charge in [-0.05, 0) is 58.8 Å². The molecule has 0 aliphatic heterocycles. The molecule has 0 radical (unpaired) electrons. The molecule has 43 heavy (non-hydrogen) atoms. The van der Waals surface area contributed by atoms with Crippen LogP contribution in [0.3, 0.4) is 0 Å². The highest BCUT2D eigenvalue weighted by Gasteiger charge is 2.40. The highest BCUT2D eigenvalue weighted by molar-refractivity contribution is 5.53. The van der Waals surface area contributed by atoms with Crippen LogP contribution in [0.15, 0.2) is 145 Å². The lowest BCUT2D eigenvalue weighted by Gasteiger charge is -2.21. The molecule has 1 atom stereocenters. The zero-order valence-corrected chi connectivity index (χ0v) is 24.3. The van der Waals surface area contributed by atoms with Crippen molar-refractivity contribution in [2.24, 2.45) is 11.8 Å². The molecule has 0 amide bonds. The van der Waals surface area contributed by atoms with Gasteiger partial charge < -0.3 is 4.74 Å². The maximum Gasteiger partial charge on any atom is 0.429 e. The van der Waals surface area contributed by atoms with Crippen LogP contribution >= 0.6 is 0 Å². The molecule has 0 fully saturated rings. The number of rotatable bonds is 17. The zero-order valence-electron chi connectivity index (χ0n) is 24.3. The van der Waals surface area contributed by atoms with Gasteiger partial charge in [-0.1, -0.05) is 85.9 Å². The van der Waals surface area contributed by atoms with Crippen molar-refractivity contribution in [1.29, 1.82) is 0 Å². The van der Waals surface area contributed by atoms with E-state index < -0.39 is 69.6 Å². The summed E-state index contributed by atoms with van der Waals surface area (Å²) in [5, 5.41) is 0. The quantitative estimate of drug-likeness (QED) is 0.0895. The first-order chi connectivity index (χ1) is 19.4. The highest BCUT2D eigenvalue weighted by atomic mass is 19.4. The van der Waals surface area contributed by atoms with Crippen molar-refractivity contribution in [2.45, 2.75) is 45.9 Å². The first-order valence-electron chi connectivity index (χ1n) is 12.6. The molecule has 0 aromatic carbocycles. The van der Waals surface area contributed by atoms with Crippen LogP contribution in [0.1, 0.15) is 33.6 Å². The maximum absolute atomic E-state index is 14.6. The largest absolute Gasteiger partial charge is 0.429 e. The molecule has 0 aromatic rings. The second-order valence-corrected chi connectivity index (χ2v) is 9.94. The van der Waals surface area contributed by atoms with Crippen LogP contribution in [0.25, 0.3) is 0 Å². The van der Waals surface area contributed by atoms with Gasteiger partial charge >= 0.3 is 12.3 Å². The van der Waals surface area contributed by atoms with E-state index in [1.165, 1.54) is 0 Å².